The second-order valence-electron chi connectivity index (χ2n) is 7.14. The van der Waals surface area contributed by atoms with Crippen molar-refractivity contribution in [1.82, 2.24) is 15.6 Å². The highest BCUT2D eigenvalue weighted by Gasteiger charge is 2.24. The van der Waals surface area contributed by atoms with Crippen molar-refractivity contribution < 1.29 is 19.2 Å². The molecule has 0 aliphatic heterocycles. The van der Waals surface area contributed by atoms with E-state index in [-0.39, 0.29) is 17.4 Å². The van der Waals surface area contributed by atoms with Crippen LogP contribution in [-0.2, 0) is 4.79 Å². The summed E-state index contributed by atoms with van der Waals surface area (Å²) < 4.78 is 7.52. The van der Waals surface area contributed by atoms with Crippen molar-refractivity contribution >= 4 is 23.9 Å². The third kappa shape index (κ3) is 5.81. The Hall–Kier alpha value is -4.11. The van der Waals surface area contributed by atoms with Crippen LogP contribution in [0.15, 0.2) is 89.1 Å². The van der Waals surface area contributed by atoms with Crippen LogP contribution >= 0.6 is 11.8 Å². The lowest BCUT2D eigenvalue weighted by molar-refractivity contribution is -0.625. The summed E-state index contributed by atoms with van der Waals surface area (Å²) in [5.41, 5.74) is 4.95. The quantitative estimate of drug-likeness (QED) is 0.168. The van der Waals surface area contributed by atoms with E-state index in [1.54, 1.807) is 12.1 Å². The first kappa shape index (κ1) is 23.1. The third-order valence-corrected chi connectivity index (χ3v) is 5.66. The van der Waals surface area contributed by atoms with Gasteiger partial charge in [-0.1, -0.05) is 42.5 Å². The van der Waals surface area contributed by atoms with E-state index >= 15 is 0 Å². The van der Waals surface area contributed by atoms with Gasteiger partial charge in [0.1, 0.15) is 11.4 Å². The van der Waals surface area contributed by atoms with E-state index < -0.39 is 0 Å². The van der Waals surface area contributed by atoms with Crippen molar-refractivity contribution in [2.45, 2.75) is 12.1 Å². The average molecular weight is 474 g/mol. The van der Waals surface area contributed by atoms with Gasteiger partial charge in [0, 0.05) is 0 Å². The highest BCUT2D eigenvalue weighted by atomic mass is 32.2. The summed E-state index contributed by atoms with van der Waals surface area (Å²) in [6, 6.07) is 23.8. The third-order valence-electron chi connectivity index (χ3n) is 4.72. The van der Waals surface area contributed by atoms with Crippen LogP contribution in [0.4, 0.5) is 0 Å². The number of aromatic amines is 1. The number of aromatic nitrogens is 3. The Labute approximate surface area is 201 Å². The van der Waals surface area contributed by atoms with Crippen molar-refractivity contribution in [1.29, 1.82) is 0 Å². The van der Waals surface area contributed by atoms with Gasteiger partial charge in [0.05, 0.1) is 29.2 Å². The number of H-pyrrole nitrogens is 1. The Kier molecular flexibility index (Phi) is 7.56. The van der Waals surface area contributed by atoms with Crippen LogP contribution in [0.3, 0.4) is 0 Å². The molecule has 2 N–H and O–H groups in total. The molecule has 4 aromatic rings. The number of benzene rings is 3. The number of rotatable bonds is 9. The summed E-state index contributed by atoms with van der Waals surface area (Å²) in [6.07, 6.45) is 1.44. The Balaban J connectivity index is 1.51. The number of hydrogen-bond acceptors (Lipinski definition) is 6. The minimum Gasteiger partial charge on any atom is -0.872 e. The topological polar surface area (TPSA) is 106 Å². The summed E-state index contributed by atoms with van der Waals surface area (Å²) in [5.74, 6) is 1.28. The van der Waals surface area contributed by atoms with Gasteiger partial charge in [-0.2, -0.15) is 9.67 Å². The Bertz CT molecular complexity index is 1270. The van der Waals surface area contributed by atoms with Gasteiger partial charge in [-0.15, -0.1) is 10.8 Å². The van der Waals surface area contributed by atoms with Gasteiger partial charge in [-0.3, -0.25) is 4.79 Å². The number of carbonyl (C=O) groups excluding carboxylic acids is 1. The molecule has 0 aliphatic carbocycles. The Morgan fingerprint density at radius 3 is 2.68 bits per heavy atom. The molecular weight excluding hydrogens is 450 g/mol. The molecule has 9 heteroatoms. The van der Waals surface area contributed by atoms with Crippen LogP contribution < -0.4 is 19.8 Å². The summed E-state index contributed by atoms with van der Waals surface area (Å²) in [5, 5.41) is 23.5. The molecule has 0 saturated carbocycles. The highest BCUT2D eigenvalue weighted by Crippen LogP contribution is 2.21. The molecule has 0 spiro atoms. The zero-order valence-electron chi connectivity index (χ0n) is 18.5. The molecule has 4 rings (SSSR count). The SMILES string of the molecule is CCOc1ccc(-[n+]2c(SCC(=O)N/N=C/c3cccc([O-])c3)n[nH]c2-c2ccccc2)cc1. The lowest BCUT2D eigenvalue weighted by Gasteiger charge is -2.06. The van der Waals surface area contributed by atoms with Crippen LogP contribution in [0, 0.1) is 0 Å². The molecule has 0 saturated heterocycles. The Morgan fingerprint density at radius 2 is 1.94 bits per heavy atom. The maximum absolute atomic E-state index is 12.3. The van der Waals surface area contributed by atoms with Crippen LogP contribution in [0.1, 0.15) is 12.5 Å². The number of thioether (sulfide) groups is 1. The zero-order valence-corrected chi connectivity index (χ0v) is 19.3. The van der Waals surface area contributed by atoms with Crippen molar-refractivity contribution in [3.05, 3.63) is 84.4 Å². The maximum atomic E-state index is 12.3. The molecule has 0 radical (unpaired) electrons. The first-order valence-electron chi connectivity index (χ1n) is 10.6. The minimum absolute atomic E-state index is 0.106. The van der Waals surface area contributed by atoms with Gasteiger partial charge in [0.2, 0.25) is 0 Å². The fourth-order valence-electron chi connectivity index (χ4n) is 3.22. The predicted octanol–water partition coefficient (Wildman–Crippen LogP) is 3.07. The zero-order chi connectivity index (χ0) is 23.8. The molecule has 1 heterocycles. The number of nitrogens with zero attached hydrogens (tertiary/aromatic N) is 3. The molecule has 34 heavy (non-hydrogen) atoms. The molecule has 0 bridgehead atoms. The smallest absolute Gasteiger partial charge is 0.342 e. The van der Waals surface area contributed by atoms with E-state index in [4.69, 9.17) is 4.74 Å². The predicted molar refractivity (Wildman–Crippen MR) is 129 cm³/mol. The van der Waals surface area contributed by atoms with Gasteiger partial charge in [-0.25, -0.2) is 5.43 Å². The number of ether oxygens (including phenoxy) is 1. The average Bonchev–Trinajstić information content (AvgIpc) is 3.28. The number of carbonyl (C=O) groups is 1. The van der Waals surface area contributed by atoms with Crippen LogP contribution in [-0.4, -0.2) is 34.7 Å². The van der Waals surface area contributed by atoms with Crippen molar-refractivity contribution in [2.24, 2.45) is 5.10 Å². The van der Waals surface area contributed by atoms with Crippen LogP contribution in [0.2, 0.25) is 0 Å². The molecule has 3 aromatic carbocycles. The normalized spacial score (nSPS) is 11.0. The summed E-state index contributed by atoms with van der Waals surface area (Å²) in [4.78, 5) is 12.3. The van der Waals surface area contributed by atoms with E-state index in [9.17, 15) is 9.90 Å². The van der Waals surface area contributed by atoms with Gasteiger partial charge >= 0.3 is 5.16 Å². The van der Waals surface area contributed by atoms with Crippen molar-refractivity contribution in [3.8, 4) is 28.6 Å². The minimum atomic E-state index is -0.290. The number of amides is 1. The lowest BCUT2D eigenvalue weighted by Crippen LogP contribution is -2.34. The fourth-order valence-corrected chi connectivity index (χ4v) is 3.98. The highest BCUT2D eigenvalue weighted by molar-refractivity contribution is 7.99. The number of hydrogen-bond donors (Lipinski definition) is 2. The summed E-state index contributed by atoms with van der Waals surface area (Å²) in [7, 11) is 0. The van der Waals surface area contributed by atoms with Gasteiger partial charge < -0.3 is 9.84 Å². The first-order chi connectivity index (χ1) is 16.6. The molecule has 0 atom stereocenters. The van der Waals surface area contributed by atoms with Crippen LogP contribution in [0.5, 0.6) is 11.5 Å². The summed E-state index contributed by atoms with van der Waals surface area (Å²) >= 11 is 1.28. The van der Waals surface area contributed by atoms with Crippen molar-refractivity contribution in [2.75, 3.05) is 12.4 Å². The maximum Gasteiger partial charge on any atom is 0.342 e. The van der Waals surface area contributed by atoms with Gasteiger partial charge in [-0.05, 0) is 60.6 Å². The molecule has 1 aromatic heterocycles. The van der Waals surface area contributed by atoms with Crippen molar-refractivity contribution in [3.63, 3.8) is 0 Å². The van der Waals surface area contributed by atoms with E-state index in [2.05, 4.69) is 20.7 Å². The Morgan fingerprint density at radius 1 is 1.15 bits per heavy atom. The standard InChI is InChI=1S/C25H23N5O3S/c1-2-33-22-13-11-20(12-14-22)30-24(19-8-4-3-5-9-19)28-29-25(30)34-17-23(32)27-26-16-18-7-6-10-21(31)15-18/h3-16H,2,17H2,1H3,(H2,27,31,32)/b26-16+. The fraction of sp³-hybridized carbons (Fsp3) is 0.120. The van der Waals surface area contributed by atoms with Crippen LogP contribution in [0.25, 0.3) is 17.1 Å². The largest absolute Gasteiger partial charge is 0.872 e. The monoisotopic (exact) mass is 473 g/mol. The van der Waals surface area contributed by atoms with E-state index in [1.807, 2.05) is 66.1 Å². The van der Waals surface area contributed by atoms with E-state index in [1.165, 1.54) is 30.1 Å². The first-order valence-corrected chi connectivity index (χ1v) is 11.6. The molecule has 172 valence electrons. The molecule has 0 unspecified atom stereocenters. The molecule has 0 aliphatic rings. The van der Waals surface area contributed by atoms with E-state index in [0.717, 1.165) is 22.8 Å². The molecule has 0 fully saturated rings. The number of nitrogens with one attached hydrogen (secondary N) is 2. The second kappa shape index (κ2) is 11.2. The van der Waals surface area contributed by atoms with Gasteiger partial charge in [0.25, 0.3) is 11.7 Å². The second-order valence-corrected chi connectivity index (χ2v) is 8.08. The van der Waals surface area contributed by atoms with E-state index in [0.29, 0.717) is 17.3 Å². The lowest BCUT2D eigenvalue weighted by atomic mass is 10.2. The summed E-state index contributed by atoms with van der Waals surface area (Å²) in [6.45, 7) is 2.53. The van der Waals surface area contributed by atoms with Gasteiger partial charge in [0.15, 0.2) is 0 Å². The molecule has 8 nitrogen and oxygen atoms in total. The molecule has 1 amide bonds. The number of hydrazone groups is 1. The molecular formula is C25H23N5O3S.